The van der Waals surface area contributed by atoms with Crippen LogP contribution in [0.2, 0.25) is 0 Å². The van der Waals surface area contributed by atoms with Crippen LogP contribution in [0.15, 0.2) is 60.7 Å². The Kier molecular flexibility index (Phi) is 2.94. The summed E-state index contributed by atoms with van der Waals surface area (Å²) in [5, 5.41) is 11.4. The molecular weight excluding hydrogens is 234 g/mol. The molecule has 0 spiro atoms. The van der Waals surface area contributed by atoms with Gasteiger partial charge in [0, 0.05) is 11.1 Å². The number of hydrogen-bond acceptors (Lipinski definition) is 2. The summed E-state index contributed by atoms with van der Waals surface area (Å²) >= 11 is 0. The Morgan fingerprint density at radius 2 is 1.63 bits per heavy atom. The van der Waals surface area contributed by atoms with Gasteiger partial charge >= 0.3 is 0 Å². The molecule has 3 N–H and O–H groups in total. The van der Waals surface area contributed by atoms with E-state index in [0.29, 0.717) is 0 Å². The third kappa shape index (κ3) is 2.07. The number of fused-ring (bicyclic) bond motifs is 1. The van der Waals surface area contributed by atoms with Crippen LogP contribution in [0.3, 0.4) is 0 Å². The van der Waals surface area contributed by atoms with Crippen LogP contribution in [-0.2, 0) is 6.61 Å². The molecule has 2 heteroatoms. The molecule has 0 aliphatic rings. The van der Waals surface area contributed by atoms with Gasteiger partial charge in [0.25, 0.3) is 0 Å². The van der Waals surface area contributed by atoms with Gasteiger partial charge in [-0.1, -0.05) is 48.5 Å². The molecule has 0 bridgehead atoms. The third-order valence-electron chi connectivity index (χ3n) is 3.38. The molecule has 3 aromatic carbocycles. The second kappa shape index (κ2) is 4.75. The Labute approximate surface area is 112 Å². The van der Waals surface area contributed by atoms with Gasteiger partial charge < -0.3 is 10.8 Å². The molecule has 94 valence electrons. The molecule has 0 radical (unpaired) electrons. The first-order valence-corrected chi connectivity index (χ1v) is 6.27. The number of benzene rings is 3. The number of anilines is 1. The second-order valence-corrected chi connectivity index (χ2v) is 4.61. The summed E-state index contributed by atoms with van der Waals surface area (Å²) in [5.41, 5.74) is 9.96. The molecule has 0 aliphatic carbocycles. The minimum atomic E-state index is 0.0563. The van der Waals surface area contributed by atoms with Crippen molar-refractivity contribution in [1.29, 1.82) is 0 Å². The van der Waals surface area contributed by atoms with Crippen molar-refractivity contribution in [2.45, 2.75) is 6.61 Å². The van der Waals surface area contributed by atoms with Gasteiger partial charge in [0.1, 0.15) is 0 Å². The Bertz CT molecular complexity index is 734. The average molecular weight is 249 g/mol. The van der Waals surface area contributed by atoms with Crippen LogP contribution in [0, 0.1) is 0 Å². The summed E-state index contributed by atoms with van der Waals surface area (Å²) < 4.78 is 0. The molecule has 0 aliphatic heterocycles. The van der Waals surface area contributed by atoms with Crippen molar-refractivity contribution in [2.24, 2.45) is 0 Å². The lowest BCUT2D eigenvalue weighted by Gasteiger charge is -2.10. The molecule has 0 amide bonds. The standard InChI is InChI=1S/C17H15NO/c18-17-9-8-14(15-6-1-2-7-16(15)17)13-5-3-4-12(10-13)11-19/h1-10,19H,11,18H2. The van der Waals surface area contributed by atoms with E-state index >= 15 is 0 Å². The minimum absolute atomic E-state index is 0.0563. The molecule has 0 saturated heterocycles. The predicted octanol–water partition coefficient (Wildman–Crippen LogP) is 3.58. The molecule has 3 aromatic rings. The lowest BCUT2D eigenvalue weighted by molar-refractivity contribution is 0.282. The fourth-order valence-corrected chi connectivity index (χ4v) is 2.41. The maximum atomic E-state index is 9.25. The van der Waals surface area contributed by atoms with Crippen LogP contribution < -0.4 is 5.73 Å². The van der Waals surface area contributed by atoms with Crippen molar-refractivity contribution in [3.63, 3.8) is 0 Å². The number of nitrogens with two attached hydrogens (primary N) is 1. The molecular formula is C17H15NO. The van der Waals surface area contributed by atoms with Crippen LogP contribution >= 0.6 is 0 Å². The Hall–Kier alpha value is -2.32. The maximum Gasteiger partial charge on any atom is 0.0682 e. The largest absolute Gasteiger partial charge is 0.398 e. The molecule has 3 rings (SSSR count). The first-order chi connectivity index (χ1) is 9.29. The van der Waals surface area contributed by atoms with Crippen molar-refractivity contribution in [3.05, 3.63) is 66.2 Å². The number of hydrogen-bond donors (Lipinski definition) is 2. The zero-order chi connectivity index (χ0) is 13.2. The lowest BCUT2D eigenvalue weighted by atomic mass is 9.96. The van der Waals surface area contributed by atoms with Gasteiger partial charge in [-0.2, -0.15) is 0 Å². The van der Waals surface area contributed by atoms with E-state index in [1.807, 2.05) is 48.5 Å². The van der Waals surface area contributed by atoms with Crippen molar-refractivity contribution in [2.75, 3.05) is 5.73 Å². The lowest BCUT2D eigenvalue weighted by Crippen LogP contribution is -1.90. The van der Waals surface area contributed by atoms with E-state index in [4.69, 9.17) is 5.73 Å². The summed E-state index contributed by atoms with van der Waals surface area (Å²) in [6.45, 7) is 0.0563. The van der Waals surface area contributed by atoms with E-state index in [9.17, 15) is 5.11 Å². The zero-order valence-corrected chi connectivity index (χ0v) is 10.5. The van der Waals surface area contributed by atoms with E-state index in [2.05, 4.69) is 12.1 Å². The first kappa shape index (κ1) is 11.8. The maximum absolute atomic E-state index is 9.25. The summed E-state index contributed by atoms with van der Waals surface area (Å²) in [5.74, 6) is 0. The van der Waals surface area contributed by atoms with Gasteiger partial charge in [-0.25, -0.2) is 0 Å². The van der Waals surface area contributed by atoms with E-state index in [0.717, 1.165) is 33.2 Å². The molecule has 0 heterocycles. The minimum Gasteiger partial charge on any atom is -0.398 e. The van der Waals surface area contributed by atoms with Gasteiger partial charge in [0.05, 0.1) is 6.61 Å². The van der Waals surface area contributed by atoms with E-state index < -0.39 is 0 Å². The normalized spacial score (nSPS) is 10.8. The Morgan fingerprint density at radius 3 is 2.42 bits per heavy atom. The van der Waals surface area contributed by atoms with Crippen molar-refractivity contribution < 1.29 is 5.11 Å². The summed E-state index contributed by atoms with van der Waals surface area (Å²) in [4.78, 5) is 0. The van der Waals surface area contributed by atoms with Gasteiger partial charge in [0.2, 0.25) is 0 Å². The number of rotatable bonds is 2. The third-order valence-corrected chi connectivity index (χ3v) is 3.38. The average Bonchev–Trinajstić information content (AvgIpc) is 2.48. The van der Waals surface area contributed by atoms with Gasteiger partial charge in [-0.3, -0.25) is 0 Å². The summed E-state index contributed by atoms with van der Waals surface area (Å²) in [7, 11) is 0. The van der Waals surface area contributed by atoms with Gasteiger partial charge in [0.15, 0.2) is 0 Å². The van der Waals surface area contributed by atoms with E-state index in [-0.39, 0.29) is 6.61 Å². The van der Waals surface area contributed by atoms with Crippen LogP contribution in [0.1, 0.15) is 5.56 Å². The quantitative estimate of drug-likeness (QED) is 0.682. The molecule has 0 aromatic heterocycles. The molecule has 0 unspecified atom stereocenters. The van der Waals surface area contributed by atoms with Crippen LogP contribution in [0.25, 0.3) is 21.9 Å². The molecule has 2 nitrogen and oxygen atoms in total. The van der Waals surface area contributed by atoms with Crippen LogP contribution in [-0.4, -0.2) is 5.11 Å². The molecule has 19 heavy (non-hydrogen) atoms. The highest BCUT2D eigenvalue weighted by atomic mass is 16.3. The van der Waals surface area contributed by atoms with Crippen molar-refractivity contribution >= 4 is 16.5 Å². The second-order valence-electron chi connectivity index (χ2n) is 4.61. The van der Waals surface area contributed by atoms with E-state index in [1.54, 1.807) is 0 Å². The molecule has 0 saturated carbocycles. The SMILES string of the molecule is Nc1ccc(-c2cccc(CO)c2)c2ccccc12. The Morgan fingerprint density at radius 1 is 0.842 bits per heavy atom. The van der Waals surface area contributed by atoms with Crippen LogP contribution in [0.5, 0.6) is 0 Å². The number of nitrogen functional groups attached to an aromatic ring is 1. The van der Waals surface area contributed by atoms with E-state index in [1.165, 1.54) is 0 Å². The fraction of sp³-hybridized carbons (Fsp3) is 0.0588. The van der Waals surface area contributed by atoms with Gasteiger partial charge in [-0.05, 0) is 34.2 Å². The fourth-order valence-electron chi connectivity index (χ4n) is 2.41. The van der Waals surface area contributed by atoms with Crippen molar-refractivity contribution in [1.82, 2.24) is 0 Å². The van der Waals surface area contributed by atoms with Gasteiger partial charge in [-0.15, -0.1) is 0 Å². The topological polar surface area (TPSA) is 46.2 Å². The zero-order valence-electron chi connectivity index (χ0n) is 10.5. The Balaban J connectivity index is 2.28. The smallest absolute Gasteiger partial charge is 0.0682 e. The highest BCUT2D eigenvalue weighted by Gasteiger charge is 2.06. The highest BCUT2D eigenvalue weighted by molar-refractivity contribution is 6.02. The predicted molar refractivity (Wildman–Crippen MR) is 79.7 cm³/mol. The number of aliphatic hydroxyl groups is 1. The molecule has 0 fully saturated rings. The summed E-state index contributed by atoms with van der Waals surface area (Å²) in [6, 6.07) is 20.0. The highest BCUT2D eigenvalue weighted by Crippen LogP contribution is 2.32. The first-order valence-electron chi connectivity index (χ1n) is 6.27. The monoisotopic (exact) mass is 249 g/mol. The van der Waals surface area contributed by atoms with Crippen LogP contribution in [0.4, 0.5) is 5.69 Å². The summed E-state index contributed by atoms with van der Waals surface area (Å²) in [6.07, 6.45) is 0. The number of aliphatic hydroxyl groups excluding tert-OH is 1. The molecule has 0 atom stereocenters. The van der Waals surface area contributed by atoms with Crippen molar-refractivity contribution in [3.8, 4) is 11.1 Å².